The van der Waals surface area contributed by atoms with Gasteiger partial charge in [-0.3, -0.25) is 0 Å². The van der Waals surface area contributed by atoms with Crippen molar-refractivity contribution in [2.45, 2.75) is 0 Å². The third kappa shape index (κ3) is 5.20. The van der Waals surface area contributed by atoms with Gasteiger partial charge in [-0.2, -0.15) is 0 Å². The molecule has 4 nitrogen and oxygen atoms in total. The Bertz CT molecular complexity index is 3750. The molecule has 0 atom stereocenters. The zero-order chi connectivity index (χ0) is 40.7. The van der Waals surface area contributed by atoms with E-state index in [2.05, 4.69) is 210 Å². The van der Waals surface area contributed by atoms with Crippen molar-refractivity contribution < 1.29 is 9.15 Å². The van der Waals surface area contributed by atoms with Crippen LogP contribution in [0.1, 0.15) is 0 Å². The molecule has 0 radical (unpaired) electrons. The lowest BCUT2D eigenvalue weighted by atomic mass is 9.95. The summed E-state index contributed by atoms with van der Waals surface area (Å²) in [5, 5.41) is 7.00. The molecule has 0 saturated carbocycles. The molecule has 13 rings (SSSR count). The van der Waals surface area contributed by atoms with Crippen LogP contribution in [-0.4, -0.2) is 4.57 Å². The van der Waals surface area contributed by atoms with Gasteiger partial charge in [-0.05, 0) is 88.1 Å². The van der Waals surface area contributed by atoms with Gasteiger partial charge < -0.3 is 18.6 Å². The third-order valence-electron chi connectivity index (χ3n) is 12.6. The average molecular weight is 793 g/mol. The highest BCUT2D eigenvalue weighted by atomic mass is 16.5. The average Bonchev–Trinajstić information content (AvgIpc) is 3.89. The van der Waals surface area contributed by atoms with E-state index in [1.54, 1.807) is 0 Å². The Morgan fingerprint density at radius 1 is 0.387 bits per heavy atom. The van der Waals surface area contributed by atoms with Crippen molar-refractivity contribution >= 4 is 71.6 Å². The highest BCUT2D eigenvalue weighted by Crippen LogP contribution is 2.50. The first-order chi connectivity index (χ1) is 30.8. The fraction of sp³-hybridized carbons (Fsp3) is 0. The van der Waals surface area contributed by atoms with E-state index in [0.29, 0.717) is 0 Å². The smallest absolute Gasteiger partial charge is 0.152 e. The first kappa shape index (κ1) is 34.5. The summed E-state index contributed by atoms with van der Waals surface area (Å²) in [6, 6.07) is 78.1. The molecule has 0 saturated heterocycles. The molecule has 4 heteroatoms. The fourth-order valence-electron chi connectivity index (χ4n) is 9.85. The number of rotatable bonds is 6. The number of anilines is 3. The van der Waals surface area contributed by atoms with Gasteiger partial charge in [0.2, 0.25) is 0 Å². The van der Waals surface area contributed by atoms with Crippen LogP contribution in [0.5, 0.6) is 11.5 Å². The highest BCUT2D eigenvalue weighted by molar-refractivity contribution is 6.14. The SMILES string of the molecule is c1cc(-c2cccc3ccccc23)cc(N(c2ccccc2-c2ccc3c(c2)c2cccc4c2n3-c2ccccc2O4)c2ccccc2-c2cccc3c2oc2ccccc23)c1. The van der Waals surface area contributed by atoms with Crippen molar-refractivity contribution in [3.05, 3.63) is 218 Å². The number of aromatic nitrogens is 1. The second-order valence-electron chi connectivity index (χ2n) is 16.0. The molecule has 12 aromatic rings. The Labute approximate surface area is 357 Å². The normalized spacial score (nSPS) is 12.0. The van der Waals surface area contributed by atoms with Crippen molar-refractivity contribution in [2.75, 3.05) is 4.90 Å². The zero-order valence-electron chi connectivity index (χ0n) is 33.5. The summed E-state index contributed by atoms with van der Waals surface area (Å²) in [5.74, 6) is 1.73. The lowest BCUT2D eigenvalue weighted by Gasteiger charge is -2.30. The van der Waals surface area contributed by atoms with Crippen LogP contribution >= 0.6 is 0 Å². The van der Waals surface area contributed by atoms with Crippen molar-refractivity contribution in [2.24, 2.45) is 0 Å². The summed E-state index contributed by atoms with van der Waals surface area (Å²) >= 11 is 0. The van der Waals surface area contributed by atoms with Gasteiger partial charge in [0.1, 0.15) is 11.2 Å². The van der Waals surface area contributed by atoms with E-state index in [9.17, 15) is 0 Å². The third-order valence-corrected chi connectivity index (χ3v) is 12.6. The van der Waals surface area contributed by atoms with Crippen molar-refractivity contribution in [1.82, 2.24) is 4.57 Å². The van der Waals surface area contributed by atoms with Crippen LogP contribution in [0.25, 0.3) is 93.6 Å². The van der Waals surface area contributed by atoms with Crippen LogP contribution in [-0.2, 0) is 0 Å². The van der Waals surface area contributed by atoms with Crippen LogP contribution in [0.3, 0.4) is 0 Å². The molecular weight excluding hydrogens is 757 g/mol. The van der Waals surface area contributed by atoms with E-state index in [1.165, 1.54) is 21.7 Å². The van der Waals surface area contributed by atoms with E-state index in [0.717, 1.165) is 100 Å². The Morgan fingerprint density at radius 3 is 1.95 bits per heavy atom. The molecule has 1 aliphatic rings. The summed E-state index contributed by atoms with van der Waals surface area (Å²) in [7, 11) is 0. The Hall–Kier alpha value is -8.34. The summed E-state index contributed by atoms with van der Waals surface area (Å²) in [4.78, 5) is 2.44. The topological polar surface area (TPSA) is 30.5 Å². The van der Waals surface area contributed by atoms with Gasteiger partial charge in [0.25, 0.3) is 0 Å². The van der Waals surface area contributed by atoms with Gasteiger partial charge in [0, 0.05) is 43.9 Å². The molecule has 1 aliphatic heterocycles. The van der Waals surface area contributed by atoms with Crippen LogP contribution in [0.4, 0.5) is 17.1 Å². The number of hydrogen-bond donors (Lipinski definition) is 0. The largest absolute Gasteiger partial charge is 0.455 e. The molecule has 0 bridgehead atoms. The van der Waals surface area contributed by atoms with Gasteiger partial charge in [-0.1, -0.05) is 158 Å². The minimum Gasteiger partial charge on any atom is -0.455 e. The first-order valence-corrected chi connectivity index (χ1v) is 21.1. The van der Waals surface area contributed by atoms with Gasteiger partial charge in [0.15, 0.2) is 11.5 Å². The Balaban J connectivity index is 1.05. The number of nitrogens with zero attached hydrogens (tertiary/aromatic N) is 2. The predicted octanol–water partition coefficient (Wildman–Crippen LogP) is 16.4. The van der Waals surface area contributed by atoms with E-state index in [1.807, 2.05) is 18.2 Å². The monoisotopic (exact) mass is 792 g/mol. The molecule has 10 aromatic carbocycles. The standard InChI is InChI=1S/C58H36N2O2/c1-2-19-41-37(15-1)16-12-23-42(41)38-17-11-18-40(35-38)59(51-28-7-4-21-44(51)47-25-13-26-48-45-22-5-9-30-54(45)62-58(47)48)50-27-6-3-20-43(50)39-33-34-52-49(36-39)46-24-14-32-56-57(46)60(52)53-29-8-10-31-55(53)61-56/h1-36H. The number of para-hydroxylation sites is 7. The van der Waals surface area contributed by atoms with Crippen LogP contribution in [0, 0.1) is 0 Å². The van der Waals surface area contributed by atoms with E-state index in [-0.39, 0.29) is 0 Å². The van der Waals surface area contributed by atoms with E-state index >= 15 is 0 Å². The minimum atomic E-state index is 0.859. The van der Waals surface area contributed by atoms with Crippen molar-refractivity contribution in [1.29, 1.82) is 0 Å². The van der Waals surface area contributed by atoms with Gasteiger partial charge >= 0.3 is 0 Å². The minimum absolute atomic E-state index is 0.859. The highest BCUT2D eigenvalue weighted by Gasteiger charge is 2.26. The summed E-state index contributed by atoms with van der Waals surface area (Å²) in [6.45, 7) is 0. The fourth-order valence-corrected chi connectivity index (χ4v) is 9.85. The summed E-state index contributed by atoms with van der Waals surface area (Å²) < 4.78 is 15.5. The summed E-state index contributed by atoms with van der Waals surface area (Å²) in [6.07, 6.45) is 0. The number of hydrogen-bond acceptors (Lipinski definition) is 3. The van der Waals surface area contributed by atoms with Crippen LogP contribution in [0.2, 0.25) is 0 Å². The lowest BCUT2D eigenvalue weighted by Crippen LogP contribution is -2.12. The van der Waals surface area contributed by atoms with Crippen LogP contribution < -0.4 is 9.64 Å². The zero-order valence-corrected chi connectivity index (χ0v) is 33.5. The van der Waals surface area contributed by atoms with Crippen LogP contribution in [0.15, 0.2) is 223 Å². The van der Waals surface area contributed by atoms with E-state index in [4.69, 9.17) is 9.15 Å². The lowest BCUT2D eigenvalue weighted by molar-refractivity contribution is 0.476. The number of ether oxygens (including phenoxy) is 1. The van der Waals surface area contributed by atoms with Gasteiger partial charge in [-0.15, -0.1) is 0 Å². The van der Waals surface area contributed by atoms with Gasteiger partial charge in [0.05, 0.1) is 28.1 Å². The quantitative estimate of drug-likeness (QED) is 0.168. The molecular formula is C58H36N2O2. The van der Waals surface area contributed by atoms with Crippen molar-refractivity contribution in [3.63, 3.8) is 0 Å². The molecule has 0 N–H and O–H groups in total. The molecule has 0 spiro atoms. The molecule has 2 aromatic heterocycles. The Kier molecular flexibility index (Phi) is 7.57. The second kappa shape index (κ2) is 13.6. The molecule has 62 heavy (non-hydrogen) atoms. The second-order valence-corrected chi connectivity index (χ2v) is 16.0. The van der Waals surface area contributed by atoms with Crippen molar-refractivity contribution in [3.8, 4) is 50.6 Å². The summed E-state index contributed by atoms with van der Waals surface area (Å²) in [5.41, 5.74) is 14.9. The molecule has 3 heterocycles. The number of fused-ring (bicyclic) bond motifs is 9. The number of furan rings is 1. The molecule has 0 amide bonds. The number of benzene rings is 10. The Morgan fingerprint density at radius 2 is 1.02 bits per heavy atom. The molecule has 0 aliphatic carbocycles. The predicted molar refractivity (Wildman–Crippen MR) is 257 cm³/mol. The maximum atomic E-state index is 6.69. The molecule has 0 unspecified atom stereocenters. The van der Waals surface area contributed by atoms with Gasteiger partial charge in [-0.25, -0.2) is 0 Å². The molecule has 0 fully saturated rings. The maximum Gasteiger partial charge on any atom is 0.152 e. The first-order valence-electron chi connectivity index (χ1n) is 21.1. The maximum absolute atomic E-state index is 6.69. The molecule has 290 valence electrons. The van der Waals surface area contributed by atoms with E-state index < -0.39 is 0 Å².